The molecule has 2 atom stereocenters. The van der Waals surface area contributed by atoms with Crippen LogP contribution in [0.4, 0.5) is 0 Å². The van der Waals surface area contributed by atoms with E-state index in [9.17, 15) is 0 Å². The summed E-state index contributed by atoms with van der Waals surface area (Å²) in [6.07, 6.45) is 2.38. The molecule has 0 bridgehead atoms. The lowest BCUT2D eigenvalue weighted by Gasteiger charge is -2.20. The summed E-state index contributed by atoms with van der Waals surface area (Å²) in [5.41, 5.74) is 1.30. The van der Waals surface area contributed by atoms with Crippen LogP contribution in [0.15, 0.2) is 24.3 Å². The molecule has 0 spiro atoms. The lowest BCUT2D eigenvalue weighted by molar-refractivity contribution is 0.576. The van der Waals surface area contributed by atoms with E-state index in [1.165, 1.54) is 12.0 Å². The van der Waals surface area contributed by atoms with Crippen LogP contribution in [0.5, 0.6) is 0 Å². The topological polar surface area (TPSA) is 12.0 Å². The summed E-state index contributed by atoms with van der Waals surface area (Å²) in [6, 6.07) is 8.61. The van der Waals surface area contributed by atoms with E-state index < -0.39 is 0 Å². The first kappa shape index (κ1) is 15.9. The Morgan fingerprint density at radius 2 is 2.11 bits per heavy atom. The molecule has 102 valence electrons. The molecule has 1 N–H and O–H groups in total. The van der Waals surface area contributed by atoms with Crippen LogP contribution in [0.2, 0.25) is 5.02 Å². The van der Waals surface area contributed by atoms with Crippen molar-refractivity contribution in [1.82, 2.24) is 5.32 Å². The van der Waals surface area contributed by atoms with Crippen molar-refractivity contribution in [2.45, 2.75) is 44.9 Å². The highest BCUT2D eigenvalue weighted by Crippen LogP contribution is 2.24. The van der Waals surface area contributed by atoms with Crippen molar-refractivity contribution < 1.29 is 0 Å². The zero-order valence-electron chi connectivity index (χ0n) is 11.6. The Morgan fingerprint density at radius 1 is 1.33 bits per heavy atom. The maximum Gasteiger partial charge on any atom is 0.0412 e. The number of nitrogens with one attached hydrogen (secondary N) is 1. The van der Waals surface area contributed by atoms with Crippen LogP contribution in [0.25, 0.3) is 0 Å². The Labute approximate surface area is 121 Å². The van der Waals surface area contributed by atoms with Crippen LogP contribution in [0, 0.1) is 0 Å². The molecule has 2 unspecified atom stereocenters. The molecule has 0 amide bonds. The highest BCUT2D eigenvalue weighted by Gasteiger charge is 2.12. The Hall–Kier alpha value is -0.180. The summed E-state index contributed by atoms with van der Waals surface area (Å²) >= 11 is 8.11. The summed E-state index contributed by atoms with van der Waals surface area (Å²) in [6.45, 7) is 7.78. The zero-order chi connectivity index (χ0) is 13.4. The van der Waals surface area contributed by atoms with Gasteiger partial charge in [0, 0.05) is 22.1 Å². The predicted molar refractivity (Wildman–Crippen MR) is 84.7 cm³/mol. The minimum absolute atomic E-state index is 0.405. The van der Waals surface area contributed by atoms with Crippen molar-refractivity contribution in [3.8, 4) is 0 Å². The SMILES string of the molecule is CCCNC(CSC(C)CC)c1cccc(Cl)c1. The Morgan fingerprint density at radius 3 is 2.72 bits per heavy atom. The molecule has 1 nitrogen and oxygen atoms in total. The fourth-order valence-corrected chi connectivity index (χ4v) is 2.96. The average molecular weight is 286 g/mol. The summed E-state index contributed by atoms with van der Waals surface area (Å²) in [7, 11) is 0. The van der Waals surface area contributed by atoms with E-state index in [2.05, 4.69) is 38.2 Å². The lowest BCUT2D eigenvalue weighted by atomic mass is 10.1. The van der Waals surface area contributed by atoms with E-state index in [0.29, 0.717) is 6.04 Å². The fourth-order valence-electron chi connectivity index (χ4n) is 1.69. The summed E-state index contributed by atoms with van der Waals surface area (Å²) < 4.78 is 0. The quantitative estimate of drug-likeness (QED) is 0.728. The minimum Gasteiger partial charge on any atom is -0.309 e. The van der Waals surface area contributed by atoms with Crippen LogP contribution >= 0.6 is 23.4 Å². The molecule has 0 fully saturated rings. The van der Waals surface area contributed by atoms with Gasteiger partial charge in [-0.2, -0.15) is 11.8 Å². The molecular formula is C15H24ClNS. The van der Waals surface area contributed by atoms with E-state index in [1.54, 1.807) is 0 Å². The second kappa shape index (κ2) is 8.84. The summed E-state index contributed by atoms with van der Waals surface area (Å²) in [5.74, 6) is 1.11. The third-order valence-electron chi connectivity index (χ3n) is 3.01. The van der Waals surface area contributed by atoms with Crippen molar-refractivity contribution in [1.29, 1.82) is 0 Å². The molecule has 1 aromatic carbocycles. The smallest absolute Gasteiger partial charge is 0.0412 e. The highest BCUT2D eigenvalue weighted by molar-refractivity contribution is 7.99. The van der Waals surface area contributed by atoms with Crippen LogP contribution in [-0.4, -0.2) is 17.5 Å². The number of thioether (sulfide) groups is 1. The molecule has 0 aliphatic heterocycles. The predicted octanol–water partition coefficient (Wildman–Crippen LogP) is 4.91. The van der Waals surface area contributed by atoms with E-state index >= 15 is 0 Å². The van der Waals surface area contributed by atoms with Gasteiger partial charge in [-0.15, -0.1) is 0 Å². The third kappa shape index (κ3) is 5.64. The van der Waals surface area contributed by atoms with Crippen molar-refractivity contribution in [3.63, 3.8) is 0 Å². The molecular weight excluding hydrogens is 262 g/mol. The first-order valence-electron chi connectivity index (χ1n) is 6.77. The molecule has 1 aromatic rings. The normalized spacial score (nSPS) is 14.4. The molecule has 1 rings (SSSR count). The summed E-state index contributed by atoms with van der Waals surface area (Å²) in [4.78, 5) is 0. The molecule has 3 heteroatoms. The number of hydrogen-bond donors (Lipinski definition) is 1. The Kier molecular flexibility index (Phi) is 7.80. The first-order chi connectivity index (χ1) is 8.67. The van der Waals surface area contributed by atoms with E-state index in [4.69, 9.17) is 11.6 Å². The van der Waals surface area contributed by atoms with Gasteiger partial charge in [0.2, 0.25) is 0 Å². The number of rotatable bonds is 8. The van der Waals surface area contributed by atoms with E-state index in [1.807, 2.05) is 23.9 Å². The molecule has 0 aliphatic rings. The standard InChI is InChI=1S/C15H24ClNS/c1-4-9-17-15(11-18-12(3)5-2)13-7-6-8-14(16)10-13/h6-8,10,12,15,17H,4-5,9,11H2,1-3H3. The van der Waals surface area contributed by atoms with Crippen LogP contribution in [-0.2, 0) is 0 Å². The zero-order valence-corrected chi connectivity index (χ0v) is 13.2. The molecule has 0 saturated carbocycles. The van der Waals surface area contributed by atoms with Gasteiger partial charge in [-0.25, -0.2) is 0 Å². The van der Waals surface area contributed by atoms with Gasteiger partial charge in [-0.3, -0.25) is 0 Å². The van der Waals surface area contributed by atoms with Crippen molar-refractivity contribution in [2.75, 3.05) is 12.3 Å². The Bertz CT molecular complexity index is 343. The van der Waals surface area contributed by atoms with Gasteiger partial charge in [-0.05, 0) is 37.1 Å². The van der Waals surface area contributed by atoms with Gasteiger partial charge in [0.25, 0.3) is 0 Å². The third-order valence-corrected chi connectivity index (χ3v) is 4.68. The van der Waals surface area contributed by atoms with Crippen molar-refractivity contribution >= 4 is 23.4 Å². The molecule has 0 heterocycles. The maximum atomic E-state index is 6.08. The largest absolute Gasteiger partial charge is 0.309 e. The monoisotopic (exact) mass is 285 g/mol. The molecule has 0 radical (unpaired) electrons. The van der Waals surface area contributed by atoms with Crippen LogP contribution in [0.3, 0.4) is 0 Å². The number of hydrogen-bond acceptors (Lipinski definition) is 2. The highest BCUT2D eigenvalue weighted by atomic mass is 35.5. The van der Waals surface area contributed by atoms with Gasteiger partial charge in [-0.1, -0.05) is 44.5 Å². The van der Waals surface area contributed by atoms with Gasteiger partial charge in [0.1, 0.15) is 0 Å². The lowest BCUT2D eigenvalue weighted by Crippen LogP contribution is -2.24. The maximum absolute atomic E-state index is 6.08. The van der Waals surface area contributed by atoms with Crippen LogP contribution < -0.4 is 5.32 Å². The second-order valence-electron chi connectivity index (χ2n) is 4.61. The van der Waals surface area contributed by atoms with Gasteiger partial charge < -0.3 is 5.32 Å². The number of halogens is 1. The van der Waals surface area contributed by atoms with Gasteiger partial charge >= 0.3 is 0 Å². The average Bonchev–Trinajstić information content (AvgIpc) is 2.38. The van der Waals surface area contributed by atoms with Crippen molar-refractivity contribution in [2.24, 2.45) is 0 Å². The Balaban J connectivity index is 2.65. The molecule has 18 heavy (non-hydrogen) atoms. The van der Waals surface area contributed by atoms with E-state index in [0.717, 1.165) is 29.0 Å². The van der Waals surface area contributed by atoms with Crippen molar-refractivity contribution in [3.05, 3.63) is 34.9 Å². The number of benzene rings is 1. The molecule has 0 aromatic heterocycles. The second-order valence-corrected chi connectivity index (χ2v) is 6.52. The van der Waals surface area contributed by atoms with Gasteiger partial charge in [0.05, 0.1) is 0 Å². The molecule has 0 aliphatic carbocycles. The minimum atomic E-state index is 0.405. The molecule has 0 saturated heterocycles. The fraction of sp³-hybridized carbons (Fsp3) is 0.600. The van der Waals surface area contributed by atoms with Gasteiger partial charge in [0.15, 0.2) is 0 Å². The first-order valence-corrected chi connectivity index (χ1v) is 8.20. The summed E-state index contributed by atoms with van der Waals surface area (Å²) in [5, 5.41) is 5.15. The van der Waals surface area contributed by atoms with E-state index in [-0.39, 0.29) is 0 Å². The van der Waals surface area contributed by atoms with Crippen LogP contribution in [0.1, 0.15) is 45.2 Å².